The zero-order valence-corrected chi connectivity index (χ0v) is 13.2. The SMILES string of the molecule is Cc1ccc(Oc2ncc(CN)c3ccccc23)c(Br)c1. The third-order valence-corrected chi connectivity index (χ3v) is 3.97. The van der Waals surface area contributed by atoms with Crippen molar-refractivity contribution in [3.8, 4) is 11.6 Å². The van der Waals surface area contributed by atoms with Gasteiger partial charge < -0.3 is 10.5 Å². The first kappa shape index (κ1) is 14.0. The molecule has 0 amide bonds. The molecule has 0 saturated carbocycles. The van der Waals surface area contributed by atoms with Crippen molar-refractivity contribution in [3.05, 3.63) is 64.3 Å². The first-order chi connectivity index (χ1) is 10.2. The van der Waals surface area contributed by atoms with Crippen molar-refractivity contribution in [1.82, 2.24) is 4.98 Å². The van der Waals surface area contributed by atoms with Gasteiger partial charge in [-0.15, -0.1) is 0 Å². The summed E-state index contributed by atoms with van der Waals surface area (Å²) < 4.78 is 6.89. The minimum Gasteiger partial charge on any atom is -0.437 e. The van der Waals surface area contributed by atoms with E-state index in [-0.39, 0.29) is 0 Å². The van der Waals surface area contributed by atoms with Gasteiger partial charge in [0, 0.05) is 18.1 Å². The van der Waals surface area contributed by atoms with Crippen LogP contribution in [-0.2, 0) is 6.54 Å². The lowest BCUT2D eigenvalue weighted by atomic mass is 10.1. The Bertz CT molecular complexity index is 802. The predicted octanol–water partition coefficient (Wildman–Crippen LogP) is 4.56. The van der Waals surface area contributed by atoms with Gasteiger partial charge in [-0.25, -0.2) is 4.98 Å². The molecule has 0 unspecified atom stereocenters. The second-order valence-corrected chi connectivity index (χ2v) is 5.73. The molecule has 0 aliphatic carbocycles. The molecule has 2 N–H and O–H groups in total. The maximum Gasteiger partial charge on any atom is 0.227 e. The lowest BCUT2D eigenvalue weighted by Crippen LogP contribution is -2.00. The van der Waals surface area contributed by atoms with Gasteiger partial charge in [0.1, 0.15) is 5.75 Å². The summed E-state index contributed by atoms with van der Waals surface area (Å²) in [5, 5.41) is 2.04. The summed E-state index contributed by atoms with van der Waals surface area (Å²) in [6.07, 6.45) is 1.78. The highest BCUT2D eigenvalue weighted by Gasteiger charge is 2.10. The number of benzene rings is 2. The van der Waals surface area contributed by atoms with Crippen LogP contribution in [0.25, 0.3) is 10.8 Å². The van der Waals surface area contributed by atoms with Gasteiger partial charge >= 0.3 is 0 Å². The second-order valence-electron chi connectivity index (χ2n) is 4.87. The summed E-state index contributed by atoms with van der Waals surface area (Å²) in [5.74, 6) is 1.34. The molecule has 3 nitrogen and oxygen atoms in total. The van der Waals surface area contributed by atoms with Crippen LogP contribution < -0.4 is 10.5 Å². The standard InChI is InChI=1S/C17H15BrN2O/c1-11-6-7-16(15(18)8-11)21-17-14-5-3-2-4-13(14)12(9-19)10-20-17/h2-8,10H,9,19H2,1H3. The number of aryl methyl sites for hydroxylation is 1. The van der Waals surface area contributed by atoms with Crippen LogP contribution in [0.5, 0.6) is 11.6 Å². The van der Waals surface area contributed by atoms with Crippen LogP contribution in [-0.4, -0.2) is 4.98 Å². The maximum absolute atomic E-state index is 5.98. The molecule has 1 heterocycles. The Morgan fingerprint density at radius 3 is 2.62 bits per heavy atom. The Morgan fingerprint density at radius 2 is 1.90 bits per heavy atom. The van der Waals surface area contributed by atoms with Crippen LogP contribution in [0.1, 0.15) is 11.1 Å². The quantitative estimate of drug-likeness (QED) is 0.759. The summed E-state index contributed by atoms with van der Waals surface area (Å²) in [6.45, 7) is 2.50. The van der Waals surface area contributed by atoms with Gasteiger partial charge in [-0.1, -0.05) is 24.3 Å². The number of halogens is 1. The molecule has 3 rings (SSSR count). The molecule has 0 spiro atoms. The summed E-state index contributed by atoms with van der Waals surface area (Å²) in [4.78, 5) is 4.41. The van der Waals surface area contributed by atoms with Crippen molar-refractivity contribution in [1.29, 1.82) is 0 Å². The molecule has 4 heteroatoms. The van der Waals surface area contributed by atoms with E-state index in [1.807, 2.05) is 49.4 Å². The first-order valence-electron chi connectivity index (χ1n) is 6.69. The second kappa shape index (κ2) is 5.84. The molecule has 106 valence electrons. The lowest BCUT2D eigenvalue weighted by Gasteiger charge is -2.11. The molecule has 0 bridgehead atoms. The molecular formula is C17H15BrN2O. The number of ether oxygens (including phenoxy) is 1. The molecule has 21 heavy (non-hydrogen) atoms. The lowest BCUT2D eigenvalue weighted by molar-refractivity contribution is 0.466. The topological polar surface area (TPSA) is 48.1 Å². The molecule has 1 aromatic heterocycles. The molecule has 2 aromatic carbocycles. The number of fused-ring (bicyclic) bond motifs is 1. The van der Waals surface area contributed by atoms with Gasteiger partial charge in [0.2, 0.25) is 5.88 Å². The van der Waals surface area contributed by atoms with E-state index >= 15 is 0 Å². The third-order valence-electron chi connectivity index (χ3n) is 3.35. The largest absolute Gasteiger partial charge is 0.437 e. The Labute approximate surface area is 131 Å². The van der Waals surface area contributed by atoms with Crippen molar-refractivity contribution in [2.45, 2.75) is 13.5 Å². The Kier molecular flexibility index (Phi) is 3.90. The first-order valence-corrected chi connectivity index (χ1v) is 7.49. The van der Waals surface area contributed by atoms with Gasteiger partial charge in [0.25, 0.3) is 0 Å². The highest BCUT2D eigenvalue weighted by Crippen LogP contribution is 2.33. The van der Waals surface area contributed by atoms with Crippen molar-refractivity contribution in [2.24, 2.45) is 5.73 Å². The molecule has 0 aliphatic heterocycles. The molecule has 0 fully saturated rings. The van der Waals surface area contributed by atoms with E-state index < -0.39 is 0 Å². The van der Waals surface area contributed by atoms with Crippen molar-refractivity contribution in [3.63, 3.8) is 0 Å². The fraction of sp³-hybridized carbons (Fsp3) is 0.118. The van der Waals surface area contributed by atoms with E-state index in [4.69, 9.17) is 10.5 Å². The van der Waals surface area contributed by atoms with E-state index in [9.17, 15) is 0 Å². The van der Waals surface area contributed by atoms with Crippen LogP contribution >= 0.6 is 15.9 Å². The smallest absolute Gasteiger partial charge is 0.227 e. The average Bonchev–Trinajstić information content (AvgIpc) is 2.50. The fourth-order valence-corrected chi connectivity index (χ4v) is 2.84. The molecule has 3 aromatic rings. The van der Waals surface area contributed by atoms with Gasteiger partial charge in [0.15, 0.2) is 0 Å². The predicted molar refractivity (Wildman–Crippen MR) is 88.6 cm³/mol. The van der Waals surface area contributed by atoms with Crippen LogP contribution in [0.15, 0.2) is 53.1 Å². The van der Waals surface area contributed by atoms with Gasteiger partial charge in [-0.05, 0) is 57.6 Å². The normalized spacial score (nSPS) is 10.8. The molecule has 0 radical (unpaired) electrons. The number of aromatic nitrogens is 1. The minimum atomic E-state index is 0.460. The maximum atomic E-state index is 5.98. The highest BCUT2D eigenvalue weighted by atomic mass is 79.9. The fourth-order valence-electron chi connectivity index (χ4n) is 2.26. The number of hydrogen-bond donors (Lipinski definition) is 1. The summed E-state index contributed by atoms with van der Waals surface area (Å²) in [5.41, 5.74) is 7.96. The Balaban J connectivity index is 2.09. The average molecular weight is 343 g/mol. The van der Waals surface area contributed by atoms with E-state index in [1.54, 1.807) is 6.20 Å². The van der Waals surface area contributed by atoms with E-state index in [1.165, 1.54) is 5.56 Å². The summed E-state index contributed by atoms with van der Waals surface area (Å²) in [6, 6.07) is 14.0. The van der Waals surface area contributed by atoms with Crippen molar-refractivity contribution in [2.75, 3.05) is 0 Å². The number of nitrogens with zero attached hydrogens (tertiary/aromatic N) is 1. The van der Waals surface area contributed by atoms with Crippen LogP contribution in [0.4, 0.5) is 0 Å². The van der Waals surface area contributed by atoms with E-state index in [2.05, 4.69) is 20.9 Å². The van der Waals surface area contributed by atoms with Crippen LogP contribution in [0.3, 0.4) is 0 Å². The Morgan fingerprint density at radius 1 is 1.14 bits per heavy atom. The monoisotopic (exact) mass is 342 g/mol. The zero-order chi connectivity index (χ0) is 14.8. The van der Waals surface area contributed by atoms with E-state index in [0.29, 0.717) is 12.4 Å². The number of hydrogen-bond acceptors (Lipinski definition) is 3. The molecule has 0 atom stereocenters. The van der Waals surface area contributed by atoms with Gasteiger partial charge in [-0.2, -0.15) is 0 Å². The van der Waals surface area contributed by atoms with Gasteiger partial charge in [-0.3, -0.25) is 0 Å². The van der Waals surface area contributed by atoms with E-state index in [0.717, 1.165) is 26.6 Å². The molecule has 0 saturated heterocycles. The zero-order valence-electron chi connectivity index (χ0n) is 11.6. The summed E-state index contributed by atoms with van der Waals surface area (Å²) in [7, 11) is 0. The third kappa shape index (κ3) is 2.77. The van der Waals surface area contributed by atoms with Gasteiger partial charge in [0.05, 0.1) is 4.47 Å². The van der Waals surface area contributed by atoms with Crippen LogP contribution in [0.2, 0.25) is 0 Å². The molecule has 0 aliphatic rings. The summed E-state index contributed by atoms with van der Waals surface area (Å²) >= 11 is 3.52. The number of rotatable bonds is 3. The number of nitrogens with two attached hydrogens (primary N) is 1. The van der Waals surface area contributed by atoms with Crippen molar-refractivity contribution >= 4 is 26.7 Å². The minimum absolute atomic E-state index is 0.460. The van der Waals surface area contributed by atoms with Crippen LogP contribution in [0, 0.1) is 6.92 Å². The molecular weight excluding hydrogens is 328 g/mol. The van der Waals surface area contributed by atoms with Crippen molar-refractivity contribution < 1.29 is 4.74 Å². The number of pyridine rings is 1. The Hall–Kier alpha value is -1.91. The highest BCUT2D eigenvalue weighted by molar-refractivity contribution is 9.10.